The summed E-state index contributed by atoms with van der Waals surface area (Å²) >= 11 is 0. The molecule has 2 N–H and O–H groups in total. The van der Waals surface area contributed by atoms with Crippen molar-refractivity contribution >= 4 is 11.8 Å². The van der Waals surface area contributed by atoms with Gasteiger partial charge in [0.1, 0.15) is 5.82 Å². The molecule has 0 saturated heterocycles. The number of aromatic nitrogens is 2. The molecule has 1 heterocycles. The zero-order valence-corrected chi connectivity index (χ0v) is 9.52. The van der Waals surface area contributed by atoms with Crippen LogP contribution in [-0.2, 0) is 0 Å². The summed E-state index contributed by atoms with van der Waals surface area (Å²) in [7, 11) is 0. The van der Waals surface area contributed by atoms with Crippen LogP contribution in [0.25, 0.3) is 0 Å². The SMILES string of the molecule is O=C(O)c1cncc(NCCC2=CCCC2)n1. The molecule has 0 spiro atoms. The smallest absolute Gasteiger partial charge is 0.356 e. The molecule has 0 saturated carbocycles. The van der Waals surface area contributed by atoms with Gasteiger partial charge in [-0.25, -0.2) is 9.78 Å². The lowest BCUT2D eigenvalue weighted by molar-refractivity contribution is 0.0690. The first kappa shape index (κ1) is 11.6. The van der Waals surface area contributed by atoms with Crippen molar-refractivity contribution in [1.29, 1.82) is 0 Å². The monoisotopic (exact) mass is 233 g/mol. The first-order valence-electron chi connectivity index (χ1n) is 5.73. The Morgan fingerprint density at radius 3 is 3.06 bits per heavy atom. The Morgan fingerprint density at radius 2 is 2.35 bits per heavy atom. The summed E-state index contributed by atoms with van der Waals surface area (Å²) < 4.78 is 0. The van der Waals surface area contributed by atoms with Crippen molar-refractivity contribution in [3.8, 4) is 0 Å². The number of carbonyl (C=O) groups is 1. The third-order valence-corrected chi connectivity index (χ3v) is 2.74. The fraction of sp³-hybridized carbons (Fsp3) is 0.417. The predicted molar refractivity (Wildman–Crippen MR) is 64.0 cm³/mol. The molecule has 2 rings (SSSR count). The third kappa shape index (κ3) is 3.27. The van der Waals surface area contributed by atoms with E-state index in [4.69, 9.17) is 5.11 Å². The Balaban J connectivity index is 1.86. The van der Waals surface area contributed by atoms with Gasteiger partial charge in [-0.15, -0.1) is 0 Å². The summed E-state index contributed by atoms with van der Waals surface area (Å²) in [5.41, 5.74) is 1.44. The van der Waals surface area contributed by atoms with Crippen LogP contribution in [-0.4, -0.2) is 27.6 Å². The Hall–Kier alpha value is -1.91. The van der Waals surface area contributed by atoms with Gasteiger partial charge in [0, 0.05) is 6.54 Å². The maximum Gasteiger partial charge on any atom is 0.356 e. The van der Waals surface area contributed by atoms with E-state index in [1.165, 1.54) is 37.2 Å². The van der Waals surface area contributed by atoms with Gasteiger partial charge in [0.25, 0.3) is 0 Å². The molecule has 1 aromatic heterocycles. The van der Waals surface area contributed by atoms with E-state index >= 15 is 0 Å². The van der Waals surface area contributed by atoms with Crippen molar-refractivity contribution in [2.45, 2.75) is 25.7 Å². The van der Waals surface area contributed by atoms with Crippen LogP contribution in [0.15, 0.2) is 24.0 Å². The molecule has 0 atom stereocenters. The summed E-state index contributed by atoms with van der Waals surface area (Å²) in [6.07, 6.45) is 9.66. The second-order valence-electron chi connectivity index (χ2n) is 4.03. The summed E-state index contributed by atoms with van der Waals surface area (Å²) in [6.45, 7) is 0.767. The minimum atomic E-state index is -1.06. The topological polar surface area (TPSA) is 75.1 Å². The van der Waals surface area contributed by atoms with E-state index in [0.29, 0.717) is 5.82 Å². The van der Waals surface area contributed by atoms with Crippen LogP contribution in [0.1, 0.15) is 36.2 Å². The van der Waals surface area contributed by atoms with Crippen molar-refractivity contribution in [3.05, 3.63) is 29.7 Å². The van der Waals surface area contributed by atoms with Crippen molar-refractivity contribution in [1.82, 2.24) is 9.97 Å². The number of aromatic carboxylic acids is 1. The van der Waals surface area contributed by atoms with Crippen LogP contribution >= 0.6 is 0 Å². The van der Waals surface area contributed by atoms with Crippen LogP contribution in [0.3, 0.4) is 0 Å². The van der Waals surface area contributed by atoms with E-state index in [1.54, 1.807) is 0 Å². The lowest BCUT2D eigenvalue weighted by Gasteiger charge is -2.06. The maximum absolute atomic E-state index is 10.7. The molecule has 0 aliphatic heterocycles. The zero-order valence-electron chi connectivity index (χ0n) is 9.52. The van der Waals surface area contributed by atoms with E-state index in [9.17, 15) is 4.79 Å². The van der Waals surface area contributed by atoms with Crippen molar-refractivity contribution in [2.24, 2.45) is 0 Å². The molecule has 90 valence electrons. The van der Waals surface area contributed by atoms with Crippen molar-refractivity contribution in [3.63, 3.8) is 0 Å². The average Bonchev–Trinajstić information content (AvgIpc) is 2.82. The number of anilines is 1. The number of hydrogen-bond donors (Lipinski definition) is 2. The highest BCUT2D eigenvalue weighted by Crippen LogP contribution is 2.20. The van der Waals surface area contributed by atoms with Crippen LogP contribution < -0.4 is 5.32 Å². The summed E-state index contributed by atoms with van der Waals surface area (Å²) in [6, 6.07) is 0. The molecule has 17 heavy (non-hydrogen) atoms. The van der Waals surface area contributed by atoms with E-state index in [1.807, 2.05) is 0 Å². The predicted octanol–water partition coefficient (Wildman–Crippen LogP) is 2.09. The number of nitrogens with zero attached hydrogens (tertiary/aromatic N) is 2. The molecule has 0 unspecified atom stereocenters. The molecule has 5 heteroatoms. The number of carboxylic acid groups (broad SMARTS) is 1. The fourth-order valence-electron chi connectivity index (χ4n) is 1.87. The highest BCUT2D eigenvalue weighted by atomic mass is 16.4. The summed E-state index contributed by atoms with van der Waals surface area (Å²) in [5.74, 6) is -0.539. The maximum atomic E-state index is 10.7. The largest absolute Gasteiger partial charge is 0.476 e. The van der Waals surface area contributed by atoms with E-state index in [2.05, 4.69) is 21.4 Å². The first-order valence-corrected chi connectivity index (χ1v) is 5.73. The second-order valence-corrected chi connectivity index (χ2v) is 4.03. The molecule has 0 aromatic carbocycles. The van der Waals surface area contributed by atoms with Gasteiger partial charge in [0.05, 0.1) is 12.4 Å². The molecule has 1 aromatic rings. The molecular weight excluding hydrogens is 218 g/mol. The molecule has 5 nitrogen and oxygen atoms in total. The lowest BCUT2D eigenvalue weighted by atomic mass is 10.2. The van der Waals surface area contributed by atoms with E-state index in [-0.39, 0.29) is 5.69 Å². The van der Waals surface area contributed by atoms with Gasteiger partial charge in [-0.3, -0.25) is 4.98 Å². The van der Waals surface area contributed by atoms with Gasteiger partial charge in [0.2, 0.25) is 0 Å². The van der Waals surface area contributed by atoms with Crippen LogP contribution in [0.5, 0.6) is 0 Å². The van der Waals surface area contributed by atoms with Gasteiger partial charge in [-0.2, -0.15) is 0 Å². The minimum Gasteiger partial charge on any atom is -0.476 e. The number of nitrogens with one attached hydrogen (secondary N) is 1. The number of allylic oxidation sites excluding steroid dienone is 1. The average molecular weight is 233 g/mol. The zero-order chi connectivity index (χ0) is 12.1. The van der Waals surface area contributed by atoms with Crippen LogP contribution in [0.4, 0.5) is 5.82 Å². The standard InChI is InChI=1S/C12H15N3O2/c16-12(17)10-7-13-8-11(15-10)14-6-5-9-3-1-2-4-9/h3,7-8H,1-2,4-6H2,(H,14,15)(H,16,17). The minimum absolute atomic E-state index is 0.0323. The van der Waals surface area contributed by atoms with Crippen LogP contribution in [0.2, 0.25) is 0 Å². The highest BCUT2D eigenvalue weighted by Gasteiger charge is 2.07. The van der Waals surface area contributed by atoms with Gasteiger partial charge in [0.15, 0.2) is 5.69 Å². The molecule has 1 aliphatic rings. The Bertz CT molecular complexity index is 443. The fourth-order valence-corrected chi connectivity index (χ4v) is 1.87. The van der Waals surface area contributed by atoms with Crippen molar-refractivity contribution in [2.75, 3.05) is 11.9 Å². The Kier molecular flexibility index (Phi) is 3.69. The molecule has 1 aliphatic carbocycles. The Labute approximate surface area is 99.6 Å². The molecule has 0 amide bonds. The Morgan fingerprint density at radius 1 is 1.47 bits per heavy atom. The van der Waals surface area contributed by atoms with Crippen LogP contribution in [0, 0.1) is 0 Å². The first-order chi connectivity index (χ1) is 8.25. The van der Waals surface area contributed by atoms with Crippen molar-refractivity contribution < 1.29 is 9.90 Å². The molecule has 0 fully saturated rings. The third-order valence-electron chi connectivity index (χ3n) is 2.74. The van der Waals surface area contributed by atoms with Gasteiger partial charge >= 0.3 is 5.97 Å². The van der Waals surface area contributed by atoms with E-state index < -0.39 is 5.97 Å². The van der Waals surface area contributed by atoms with Gasteiger partial charge in [-0.05, 0) is 25.7 Å². The number of carboxylic acids is 1. The summed E-state index contributed by atoms with van der Waals surface area (Å²) in [4.78, 5) is 18.5. The number of hydrogen-bond acceptors (Lipinski definition) is 4. The lowest BCUT2D eigenvalue weighted by Crippen LogP contribution is -2.08. The molecule has 0 radical (unpaired) electrons. The highest BCUT2D eigenvalue weighted by molar-refractivity contribution is 5.85. The molecular formula is C12H15N3O2. The second kappa shape index (κ2) is 5.43. The molecule has 0 bridgehead atoms. The number of rotatable bonds is 5. The summed E-state index contributed by atoms with van der Waals surface area (Å²) in [5, 5.41) is 11.9. The normalized spacial score (nSPS) is 14.5. The quantitative estimate of drug-likeness (QED) is 0.761. The van der Waals surface area contributed by atoms with E-state index in [0.717, 1.165) is 13.0 Å². The van der Waals surface area contributed by atoms with Gasteiger partial charge < -0.3 is 10.4 Å². The van der Waals surface area contributed by atoms with Gasteiger partial charge in [-0.1, -0.05) is 11.6 Å².